The molecule has 3 rings (SSSR count). The van der Waals surface area contributed by atoms with Crippen LogP contribution in [0.1, 0.15) is 37.2 Å². The monoisotopic (exact) mass is 330 g/mol. The Hall–Kier alpha value is -2.11. The van der Waals surface area contributed by atoms with Crippen LogP contribution in [0.2, 0.25) is 0 Å². The van der Waals surface area contributed by atoms with Crippen LogP contribution < -0.4 is 4.90 Å². The summed E-state index contributed by atoms with van der Waals surface area (Å²) in [5.41, 5.74) is 1.59. The molecule has 2 aliphatic heterocycles. The van der Waals surface area contributed by atoms with Crippen LogP contribution in [0.5, 0.6) is 0 Å². The fourth-order valence-corrected chi connectivity index (χ4v) is 3.39. The molecule has 6 nitrogen and oxygen atoms in total. The largest absolute Gasteiger partial charge is 0.371 e. The van der Waals surface area contributed by atoms with Gasteiger partial charge >= 0.3 is 0 Å². The van der Waals surface area contributed by atoms with Crippen molar-refractivity contribution in [1.29, 1.82) is 0 Å². The van der Waals surface area contributed by atoms with Gasteiger partial charge in [-0.15, -0.1) is 0 Å². The van der Waals surface area contributed by atoms with Crippen molar-refractivity contribution in [2.75, 3.05) is 44.2 Å². The molecule has 2 amide bonds. The molecular weight excluding hydrogens is 304 g/mol. The number of hydrogen-bond acceptors (Lipinski definition) is 4. The van der Waals surface area contributed by atoms with Crippen molar-refractivity contribution in [1.82, 2.24) is 14.8 Å². The summed E-state index contributed by atoms with van der Waals surface area (Å²) in [5.74, 6) is 0.814. The quantitative estimate of drug-likeness (QED) is 0.827. The Morgan fingerprint density at radius 2 is 1.67 bits per heavy atom. The summed E-state index contributed by atoms with van der Waals surface area (Å²) >= 11 is 0. The molecule has 0 N–H and O–H groups in total. The minimum atomic E-state index is -0.0366. The zero-order valence-electron chi connectivity index (χ0n) is 14.6. The van der Waals surface area contributed by atoms with Gasteiger partial charge in [0.15, 0.2) is 0 Å². The Balaban J connectivity index is 1.65. The molecule has 0 atom stereocenters. The third kappa shape index (κ3) is 3.68. The molecule has 1 aromatic rings. The third-order valence-corrected chi connectivity index (χ3v) is 5.12. The summed E-state index contributed by atoms with van der Waals surface area (Å²) in [6.07, 6.45) is 4.11. The summed E-state index contributed by atoms with van der Waals surface area (Å²) in [7, 11) is 0. The van der Waals surface area contributed by atoms with Crippen LogP contribution in [0, 0.1) is 5.92 Å². The van der Waals surface area contributed by atoms with Crippen molar-refractivity contribution in [3.8, 4) is 0 Å². The van der Waals surface area contributed by atoms with Gasteiger partial charge in [0.25, 0.3) is 5.91 Å². The molecule has 24 heavy (non-hydrogen) atoms. The maximum absolute atomic E-state index is 12.7. The zero-order chi connectivity index (χ0) is 17.1. The summed E-state index contributed by atoms with van der Waals surface area (Å²) in [5, 5.41) is 0. The second-order valence-electron chi connectivity index (χ2n) is 6.87. The lowest BCUT2D eigenvalue weighted by Crippen LogP contribution is -2.50. The van der Waals surface area contributed by atoms with Crippen molar-refractivity contribution < 1.29 is 9.59 Å². The van der Waals surface area contributed by atoms with Gasteiger partial charge in [-0.2, -0.15) is 0 Å². The highest BCUT2D eigenvalue weighted by Gasteiger charge is 2.25. The normalized spacial score (nSPS) is 19.5. The molecule has 0 unspecified atom stereocenters. The molecule has 0 aliphatic carbocycles. The molecule has 0 radical (unpaired) electrons. The van der Waals surface area contributed by atoms with E-state index in [2.05, 4.69) is 16.8 Å². The molecule has 2 aliphatic rings. The van der Waals surface area contributed by atoms with Gasteiger partial charge in [0, 0.05) is 58.1 Å². The average Bonchev–Trinajstić information content (AvgIpc) is 2.62. The van der Waals surface area contributed by atoms with E-state index in [9.17, 15) is 9.59 Å². The molecule has 0 bridgehead atoms. The smallest absolute Gasteiger partial charge is 0.272 e. The zero-order valence-corrected chi connectivity index (χ0v) is 14.6. The van der Waals surface area contributed by atoms with E-state index >= 15 is 0 Å². The van der Waals surface area contributed by atoms with Gasteiger partial charge in [-0.05, 0) is 30.9 Å². The van der Waals surface area contributed by atoms with Crippen LogP contribution in [-0.2, 0) is 4.79 Å². The maximum atomic E-state index is 12.7. The first-order valence-electron chi connectivity index (χ1n) is 8.80. The highest BCUT2D eigenvalue weighted by atomic mass is 16.2. The summed E-state index contributed by atoms with van der Waals surface area (Å²) in [4.78, 5) is 34.3. The molecule has 6 heteroatoms. The Bertz CT molecular complexity index is 603. The number of amides is 2. The lowest BCUT2D eigenvalue weighted by atomic mass is 9.99. The van der Waals surface area contributed by atoms with Crippen LogP contribution in [-0.4, -0.2) is 65.9 Å². The lowest BCUT2D eigenvalue weighted by Gasteiger charge is -2.34. The van der Waals surface area contributed by atoms with Gasteiger partial charge < -0.3 is 14.7 Å². The molecular formula is C18H26N4O2. The molecule has 3 heterocycles. The van der Waals surface area contributed by atoms with E-state index in [1.807, 2.05) is 12.1 Å². The first-order chi connectivity index (χ1) is 11.5. The molecule has 0 aromatic carbocycles. The first kappa shape index (κ1) is 16.7. The number of rotatable bonds is 2. The minimum Gasteiger partial charge on any atom is -0.371 e. The Morgan fingerprint density at radius 1 is 1.04 bits per heavy atom. The van der Waals surface area contributed by atoms with Crippen LogP contribution in [0.4, 0.5) is 5.69 Å². The number of pyridine rings is 1. The molecule has 2 saturated heterocycles. The van der Waals surface area contributed by atoms with E-state index in [-0.39, 0.29) is 11.8 Å². The van der Waals surface area contributed by atoms with Gasteiger partial charge in [-0.25, -0.2) is 0 Å². The standard InChI is InChI=1S/C18H26N4O2/c1-14-4-7-21(8-5-14)16-3-6-19-17(13-16)18(24)22-11-9-20(10-12-22)15(2)23/h3,6,13-14H,4-5,7-12H2,1-2H3. The van der Waals surface area contributed by atoms with Gasteiger partial charge in [-0.1, -0.05) is 6.92 Å². The predicted octanol–water partition coefficient (Wildman–Crippen LogP) is 1.62. The van der Waals surface area contributed by atoms with Gasteiger partial charge in [-0.3, -0.25) is 14.6 Å². The number of piperidine rings is 1. The Morgan fingerprint density at radius 3 is 2.29 bits per heavy atom. The summed E-state index contributed by atoms with van der Waals surface area (Å²) in [6, 6.07) is 3.90. The van der Waals surface area contributed by atoms with E-state index in [1.165, 1.54) is 12.8 Å². The van der Waals surface area contributed by atoms with E-state index in [0.29, 0.717) is 31.9 Å². The average molecular weight is 330 g/mol. The van der Waals surface area contributed by atoms with Crippen LogP contribution in [0.15, 0.2) is 18.3 Å². The van der Waals surface area contributed by atoms with Gasteiger partial charge in [0.05, 0.1) is 0 Å². The lowest BCUT2D eigenvalue weighted by molar-refractivity contribution is -0.130. The molecule has 1 aromatic heterocycles. The van der Waals surface area contributed by atoms with Crippen molar-refractivity contribution in [2.45, 2.75) is 26.7 Å². The van der Waals surface area contributed by atoms with Gasteiger partial charge in [0.1, 0.15) is 5.69 Å². The number of nitrogens with zero attached hydrogens (tertiary/aromatic N) is 4. The fourth-order valence-electron chi connectivity index (χ4n) is 3.39. The number of aromatic nitrogens is 1. The van der Waals surface area contributed by atoms with E-state index < -0.39 is 0 Å². The van der Waals surface area contributed by atoms with Gasteiger partial charge in [0.2, 0.25) is 5.91 Å². The summed E-state index contributed by atoms with van der Waals surface area (Å²) in [6.45, 7) is 8.29. The molecule has 0 saturated carbocycles. The second kappa shape index (κ2) is 7.20. The third-order valence-electron chi connectivity index (χ3n) is 5.12. The van der Waals surface area contributed by atoms with E-state index in [0.717, 1.165) is 24.7 Å². The Labute approximate surface area is 143 Å². The number of carbonyl (C=O) groups is 2. The fraction of sp³-hybridized carbons (Fsp3) is 0.611. The molecule has 2 fully saturated rings. The highest BCUT2D eigenvalue weighted by molar-refractivity contribution is 5.93. The minimum absolute atomic E-state index is 0.0366. The highest BCUT2D eigenvalue weighted by Crippen LogP contribution is 2.23. The first-order valence-corrected chi connectivity index (χ1v) is 8.80. The van der Waals surface area contributed by atoms with Crippen LogP contribution >= 0.6 is 0 Å². The van der Waals surface area contributed by atoms with E-state index in [4.69, 9.17) is 0 Å². The second-order valence-corrected chi connectivity index (χ2v) is 6.87. The van der Waals surface area contributed by atoms with Crippen LogP contribution in [0.25, 0.3) is 0 Å². The van der Waals surface area contributed by atoms with E-state index in [1.54, 1.807) is 22.9 Å². The number of anilines is 1. The van der Waals surface area contributed by atoms with Crippen molar-refractivity contribution in [3.05, 3.63) is 24.0 Å². The number of piperazine rings is 1. The molecule has 0 spiro atoms. The molecule has 130 valence electrons. The van der Waals surface area contributed by atoms with Crippen molar-refractivity contribution in [2.24, 2.45) is 5.92 Å². The van der Waals surface area contributed by atoms with Crippen LogP contribution in [0.3, 0.4) is 0 Å². The SMILES string of the molecule is CC(=O)N1CCN(C(=O)c2cc(N3CCC(C)CC3)ccn2)CC1. The van der Waals surface area contributed by atoms with Crippen molar-refractivity contribution in [3.63, 3.8) is 0 Å². The topological polar surface area (TPSA) is 56.8 Å². The maximum Gasteiger partial charge on any atom is 0.272 e. The van der Waals surface area contributed by atoms with Crippen molar-refractivity contribution >= 4 is 17.5 Å². The predicted molar refractivity (Wildman–Crippen MR) is 93.0 cm³/mol. The number of hydrogen-bond donors (Lipinski definition) is 0. The number of carbonyl (C=O) groups excluding carboxylic acids is 2. The summed E-state index contributed by atoms with van der Waals surface area (Å²) < 4.78 is 0. The Kier molecular flexibility index (Phi) is 5.02.